The van der Waals surface area contributed by atoms with Crippen molar-refractivity contribution < 1.29 is 13.9 Å². The number of aryl methyl sites for hydroxylation is 1. The predicted octanol–water partition coefficient (Wildman–Crippen LogP) is 3.08. The van der Waals surface area contributed by atoms with Crippen molar-refractivity contribution >= 4 is 15.9 Å². The van der Waals surface area contributed by atoms with E-state index in [1.807, 2.05) is 0 Å². The summed E-state index contributed by atoms with van der Waals surface area (Å²) in [5, 5.41) is 13.4. The Morgan fingerprint density at radius 3 is 2.53 bits per heavy atom. The van der Waals surface area contributed by atoms with E-state index < -0.39 is 11.6 Å². The number of rotatable bonds is 3. The van der Waals surface area contributed by atoms with Crippen molar-refractivity contribution in [1.29, 1.82) is 0 Å². The van der Waals surface area contributed by atoms with Gasteiger partial charge in [0.25, 0.3) is 0 Å². The second kappa shape index (κ2) is 5.38. The van der Waals surface area contributed by atoms with E-state index in [9.17, 15) is 13.9 Å². The molecule has 19 heavy (non-hydrogen) atoms. The molecule has 0 saturated heterocycles. The van der Waals surface area contributed by atoms with Gasteiger partial charge >= 0.3 is 0 Å². The van der Waals surface area contributed by atoms with Crippen LogP contribution in [-0.2, 0) is 13.2 Å². The second-order valence-electron chi connectivity index (χ2n) is 4.29. The lowest BCUT2D eigenvalue weighted by Crippen LogP contribution is -2.08. The number of nitrogens with zero attached hydrogens (tertiary/aromatic N) is 2. The normalized spacial score (nSPS) is 11.1. The van der Waals surface area contributed by atoms with E-state index in [-0.39, 0.29) is 23.2 Å². The summed E-state index contributed by atoms with van der Waals surface area (Å²) in [4.78, 5) is 0. The van der Waals surface area contributed by atoms with Crippen LogP contribution >= 0.6 is 15.9 Å². The van der Waals surface area contributed by atoms with Gasteiger partial charge in [-0.25, -0.2) is 8.78 Å². The first-order valence-corrected chi connectivity index (χ1v) is 6.51. The maximum Gasteiger partial charge on any atom is 0.145 e. The van der Waals surface area contributed by atoms with Crippen LogP contribution in [0.1, 0.15) is 22.5 Å². The molecule has 1 aromatic heterocycles. The largest absolute Gasteiger partial charge is 0.392 e. The molecule has 0 amide bonds. The van der Waals surface area contributed by atoms with E-state index in [1.165, 1.54) is 16.8 Å². The first-order chi connectivity index (χ1) is 8.95. The number of benzene rings is 1. The minimum Gasteiger partial charge on any atom is -0.392 e. The molecule has 1 aromatic carbocycles. The molecular formula is C13H13BrF2N2O. The average Bonchev–Trinajstić information content (AvgIpc) is 2.64. The van der Waals surface area contributed by atoms with Crippen LogP contribution in [0.25, 0.3) is 0 Å². The highest BCUT2D eigenvalue weighted by molar-refractivity contribution is 9.10. The minimum atomic E-state index is -0.627. The molecule has 102 valence electrons. The molecule has 0 fully saturated rings. The van der Waals surface area contributed by atoms with Crippen LogP contribution in [0, 0.1) is 25.5 Å². The molecular weight excluding hydrogens is 318 g/mol. The van der Waals surface area contributed by atoms with Gasteiger partial charge in [0.05, 0.1) is 23.3 Å². The maximum absolute atomic E-state index is 13.9. The quantitative estimate of drug-likeness (QED) is 0.878. The van der Waals surface area contributed by atoms with Crippen LogP contribution in [0.5, 0.6) is 0 Å². The van der Waals surface area contributed by atoms with E-state index in [2.05, 4.69) is 21.0 Å². The molecule has 2 rings (SSSR count). The summed E-state index contributed by atoms with van der Waals surface area (Å²) in [5.41, 5.74) is 2.01. The third-order valence-corrected chi connectivity index (χ3v) is 3.75. The van der Waals surface area contributed by atoms with E-state index in [4.69, 9.17) is 0 Å². The summed E-state index contributed by atoms with van der Waals surface area (Å²) in [6.45, 7) is 3.37. The van der Waals surface area contributed by atoms with Crippen LogP contribution in [0.2, 0.25) is 0 Å². The summed E-state index contributed by atoms with van der Waals surface area (Å²) in [6.07, 6.45) is 0. The number of aliphatic hydroxyl groups is 1. The molecule has 1 heterocycles. The molecule has 0 aliphatic heterocycles. The zero-order valence-electron chi connectivity index (χ0n) is 10.5. The Hall–Kier alpha value is -1.27. The van der Waals surface area contributed by atoms with Gasteiger partial charge in [-0.2, -0.15) is 5.10 Å². The van der Waals surface area contributed by atoms with Gasteiger partial charge in [0, 0.05) is 16.8 Å². The Bertz CT molecular complexity index is 626. The molecule has 0 spiro atoms. The lowest BCUT2D eigenvalue weighted by molar-refractivity contribution is 0.280. The van der Waals surface area contributed by atoms with Crippen molar-refractivity contribution in [3.8, 4) is 0 Å². The van der Waals surface area contributed by atoms with Crippen LogP contribution in [0.4, 0.5) is 8.78 Å². The lowest BCUT2D eigenvalue weighted by atomic mass is 10.2. The van der Waals surface area contributed by atoms with Gasteiger partial charge in [-0.15, -0.1) is 0 Å². The highest BCUT2D eigenvalue weighted by atomic mass is 79.9. The van der Waals surface area contributed by atoms with Crippen LogP contribution < -0.4 is 0 Å². The highest BCUT2D eigenvalue weighted by Crippen LogP contribution is 2.23. The van der Waals surface area contributed by atoms with Gasteiger partial charge in [0.1, 0.15) is 11.6 Å². The van der Waals surface area contributed by atoms with Crippen LogP contribution in [-0.4, -0.2) is 14.9 Å². The van der Waals surface area contributed by atoms with Gasteiger partial charge in [-0.05, 0) is 41.9 Å². The van der Waals surface area contributed by atoms with E-state index in [0.29, 0.717) is 17.0 Å². The van der Waals surface area contributed by atoms with Crippen molar-refractivity contribution in [2.45, 2.75) is 27.0 Å². The van der Waals surface area contributed by atoms with E-state index in [1.54, 1.807) is 13.8 Å². The smallest absolute Gasteiger partial charge is 0.145 e. The molecule has 3 nitrogen and oxygen atoms in total. The van der Waals surface area contributed by atoms with Gasteiger partial charge in [-0.1, -0.05) is 0 Å². The Morgan fingerprint density at radius 2 is 1.95 bits per heavy atom. The molecule has 0 radical (unpaired) electrons. The lowest BCUT2D eigenvalue weighted by Gasteiger charge is -2.08. The molecule has 0 atom stereocenters. The number of aliphatic hydroxyl groups excluding tert-OH is 1. The molecule has 0 saturated carbocycles. The molecule has 0 bridgehead atoms. The number of halogens is 3. The van der Waals surface area contributed by atoms with Gasteiger partial charge in [0.15, 0.2) is 0 Å². The van der Waals surface area contributed by atoms with Crippen molar-refractivity contribution in [2.75, 3.05) is 0 Å². The molecule has 0 aliphatic rings. The van der Waals surface area contributed by atoms with E-state index >= 15 is 0 Å². The minimum absolute atomic E-state index is 0.0101. The first-order valence-electron chi connectivity index (χ1n) is 5.71. The van der Waals surface area contributed by atoms with Crippen LogP contribution in [0.3, 0.4) is 0 Å². The highest BCUT2D eigenvalue weighted by Gasteiger charge is 2.16. The molecule has 6 heteroatoms. The topological polar surface area (TPSA) is 38.0 Å². The van der Waals surface area contributed by atoms with Gasteiger partial charge < -0.3 is 5.11 Å². The first kappa shape index (κ1) is 14.1. The van der Waals surface area contributed by atoms with Crippen LogP contribution in [0.15, 0.2) is 16.6 Å². The molecule has 0 unspecified atom stereocenters. The van der Waals surface area contributed by atoms with Crippen molar-refractivity contribution in [3.63, 3.8) is 0 Å². The third-order valence-electron chi connectivity index (χ3n) is 3.14. The fourth-order valence-corrected chi connectivity index (χ4v) is 2.35. The number of hydrogen-bond donors (Lipinski definition) is 1. The zero-order chi connectivity index (χ0) is 14.2. The Balaban J connectivity index is 2.45. The van der Waals surface area contributed by atoms with Crippen molar-refractivity contribution in [1.82, 2.24) is 9.78 Å². The number of aromatic nitrogens is 2. The fraction of sp³-hybridized carbons (Fsp3) is 0.308. The second-order valence-corrected chi connectivity index (χ2v) is 5.14. The van der Waals surface area contributed by atoms with E-state index in [0.717, 1.165) is 0 Å². The Morgan fingerprint density at radius 1 is 1.26 bits per heavy atom. The monoisotopic (exact) mass is 330 g/mol. The predicted molar refractivity (Wildman–Crippen MR) is 70.8 cm³/mol. The summed E-state index contributed by atoms with van der Waals surface area (Å²) < 4.78 is 29.3. The van der Waals surface area contributed by atoms with Crippen molar-refractivity contribution in [2.24, 2.45) is 0 Å². The SMILES string of the molecule is Cc1nn(Cc2c(F)ccc(Br)c2F)c(C)c1CO. The molecule has 1 N–H and O–H groups in total. The van der Waals surface area contributed by atoms with Gasteiger partial charge in [0.2, 0.25) is 0 Å². The van der Waals surface area contributed by atoms with Gasteiger partial charge in [-0.3, -0.25) is 4.68 Å². The Kier molecular flexibility index (Phi) is 4.01. The molecule has 0 aliphatic carbocycles. The average molecular weight is 331 g/mol. The zero-order valence-corrected chi connectivity index (χ0v) is 12.1. The van der Waals surface area contributed by atoms with Crippen molar-refractivity contribution in [3.05, 3.63) is 50.8 Å². The summed E-state index contributed by atoms with van der Waals surface area (Å²) in [7, 11) is 0. The molecule has 2 aromatic rings. The summed E-state index contributed by atoms with van der Waals surface area (Å²) in [5.74, 6) is -1.24. The Labute approximate surface area is 118 Å². The number of hydrogen-bond acceptors (Lipinski definition) is 2. The standard InChI is InChI=1S/C13H13BrF2N2O/c1-7-10(6-19)8(2)18(17-7)5-9-12(15)4-3-11(14)13(9)16/h3-4,19H,5-6H2,1-2H3. The summed E-state index contributed by atoms with van der Waals surface area (Å²) >= 11 is 3.03. The fourth-order valence-electron chi connectivity index (χ4n) is 1.98. The third kappa shape index (κ3) is 2.55. The maximum atomic E-state index is 13.9. The summed E-state index contributed by atoms with van der Waals surface area (Å²) in [6, 6.07) is 2.54.